The summed E-state index contributed by atoms with van der Waals surface area (Å²) in [4.78, 5) is 44.1. The summed E-state index contributed by atoms with van der Waals surface area (Å²) in [6.07, 6.45) is 0.412. The van der Waals surface area contributed by atoms with Crippen LogP contribution in [0, 0.1) is 13.8 Å². The van der Waals surface area contributed by atoms with E-state index in [0.29, 0.717) is 23.4 Å². The number of nitrogens with one attached hydrogen (secondary N) is 2. The van der Waals surface area contributed by atoms with Gasteiger partial charge in [-0.25, -0.2) is 4.98 Å². The lowest BCUT2D eigenvalue weighted by Crippen LogP contribution is -2.38. The lowest BCUT2D eigenvalue weighted by atomic mass is 10.2. The third-order valence-electron chi connectivity index (χ3n) is 4.11. The number of thioether (sulfide) groups is 1. The number of carboxylic acids is 1. The fourth-order valence-electron chi connectivity index (χ4n) is 2.42. The lowest BCUT2D eigenvalue weighted by molar-refractivity contribution is -0.137. The number of fused-ring (bicyclic) bond motifs is 1. The molecule has 2 aromatic rings. The van der Waals surface area contributed by atoms with E-state index in [1.807, 2.05) is 13.8 Å². The van der Waals surface area contributed by atoms with Crippen LogP contribution in [0.15, 0.2) is 4.79 Å². The molecule has 2 heterocycles. The molecule has 3 N–H and O–H groups in total. The maximum Gasteiger partial charge on any atom is 0.303 e. The van der Waals surface area contributed by atoms with Crippen LogP contribution in [0.5, 0.6) is 0 Å². The highest BCUT2D eigenvalue weighted by Crippen LogP contribution is 2.26. The number of carbonyl (C=O) groups excluding carboxylic acids is 1. The molecule has 0 saturated carbocycles. The fourth-order valence-corrected chi connectivity index (χ4v) is 4.23. The van der Waals surface area contributed by atoms with E-state index in [2.05, 4.69) is 15.3 Å². The zero-order chi connectivity index (χ0) is 19.4. The van der Waals surface area contributed by atoms with Crippen LogP contribution in [0.1, 0.15) is 43.0 Å². The Morgan fingerprint density at radius 1 is 1.35 bits per heavy atom. The van der Waals surface area contributed by atoms with Gasteiger partial charge < -0.3 is 15.4 Å². The van der Waals surface area contributed by atoms with Gasteiger partial charge >= 0.3 is 5.97 Å². The predicted molar refractivity (Wildman–Crippen MR) is 105 cm³/mol. The number of rotatable bonds is 8. The Kier molecular flexibility index (Phi) is 6.82. The fraction of sp³-hybridized carbons (Fsp3) is 0.529. The summed E-state index contributed by atoms with van der Waals surface area (Å²) in [6.45, 7) is 7.44. The van der Waals surface area contributed by atoms with Crippen molar-refractivity contribution < 1.29 is 14.7 Å². The topological polar surface area (TPSA) is 112 Å². The van der Waals surface area contributed by atoms with Crippen LogP contribution in [-0.4, -0.2) is 38.2 Å². The van der Waals surface area contributed by atoms with E-state index in [9.17, 15) is 14.4 Å². The summed E-state index contributed by atoms with van der Waals surface area (Å²) in [5.74, 6) is -0.0661. The van der Waals surface area contributed by atoms with Gasteiger partial charge in [0.15, 0.2) is 0 Å². The molecule has 7 nitrogen and oxygen atoms in total. The SMILES string of the molecule is Cc1sc2nc(CSC(C)C(=O)NC(C)CCC(=O)O)[nH]c(=O)c2c1C. The summed E-state index contributed by atoms with van der Waals surface area (Å²) in [5.41, 5.74) is 0.813. The highest BCUT2D eigenvalue weighted by Gasteiger charge is 2.18. The van der Waals surface area contributed by atoms with Gasteiger partial charge in [-0.15, -0.1) is 23.1 Å². The summed E-state index contributed by atoms with van der Waals surface area (Å²) >= 11 is 2.87. The van der Waals surface area contributed by atoms with E-state index < -0.39 is 5.97 Å². The standard InChI is InChI=1S/C17H23N3O4S2/c1-8(5-6-13(21)22)18-15(23)11(4)25-7-12-19-16(24)14-9(2)10(3)26-17(14)20-12/h8,11H,5-7H2,1-4H3,(H,18,23)(H,21,22)(H,19,20,24). The van der Waals surface area contributed by atoms with Gasteiger partial charge in [0.05, 0.1) is 16.4 Å². The number of amides is 1. The van der Waals surface area contributed by atoms with Gasteiger partial charge in [0, 0.05) is 17.3 Å². The molecular formula is C17H23N3O4S2. The Morgan fingerprint density at radius 3 is 2.69 bits per heavy atom. The molecule has 0 saturated heterocycles. The molecule has 142 valence electrons. The number of aliphatic carboxylic acids is 1. The van der Waals surface area contributed by atoms with Crippen LogP contribution in [0.4, 0.5) is 0 Å². The number of hydrogen-bond acceptors (Lipinski definition) is 6. The van der Waals surface area contributed by atoms with Crippen molar-refractivity contribution in [2.75, 3.05) is 0 Å². The molecule has 0 fully saturated rings. The van der Waals surface area contributed by atoms with Gasteiger partial charge in [0.2, 0.25) is 5.91 Å². The van der Waals surface area contributed by atoms with Crippen molar-refractivity contribution in [3.05, 3.63) is 26.6 Å². The predicted octanol–water partition coefficient (Wildman–Crippen LogP) is 2.59. The van der Waals surface area contributed by atoms with Crippen LogP contribution in [0.25, 0.3) is 10.2 Å². The average Bonchev–Trinajstić information content (AvgIpc) is 2.85. The molecule has 0 spiro atoms. The van der Waals surface area contributed by atoms with E-state index in [4.69, 9.17) is 5.11 Å². The molecule has 0 bridgehead atoms. The van der Waals surface area contributed by atoms with Gasteiger partial charge in [-0.1, -0.05) is 0 Å². The zero-order valence-corrected chi connectivity index (χ0v) is 16.8. The van der Waals surface area contributed by atoms with E-state index >= 15 is 0 Å². The van der Waals surface area contributed by atoms with Crippen LogP contribution in [0.3, 0.4) is 0 Å². The zero-order valence-electron chi connectivity index (χ0n) is 15.2. The molecule has 26 heavy (non-hydrogen) atoms. The number of aryl methyl sites for hydroxylation is 2. The van der Waals surface area contributed by atoms with E-state index in [1.54, 1.807) is 13.8 Å². The molecular weight excluding hydrogens is 374 g/mol. The van der Waals surface area contributed by atoms with Gasteiger partial charge in [0.25, 0.3) is 5.56 Å². The molecule has 2 atom stereocenters. The first-order valence-corrected chi connectivity index (χ1v) is 10.2. The van der Waals surface area contributed by atoms with E-state index in [1.165, 1.54) is 23.1 Å². The molecule has 0 aliphatic heterocycles. The third-order valence-corrected chi connectivity index (χ3v) is 6.36. The highest BCUT2D eigenvalue weighted by atomic mass is 32.2. The van der Waals surface area contributed by atoms with E-state index in [0.717, 1.165) is 15.3 Å². The second-order valence-electron chi connectivity index (χ2n) is 6.27. The number of aromatic nitrogens is 2. The van der Waals surface area contributed by atoms with Crippen molar-refractivity contribution in [3.63, 3.8) is 0 Å². The van der Waals surface area contributed by atoms with Gasteiger partial charge in [0.1, 0.15) is 10.7 Å². The van der Waals surface area contributed by atoms with Gasteiger partial charge in [-0.05, 0) is 39.7 Å². The average molecular weight is 398 g/mol. The second kappa shape index (κ2) is 8.68. The number of aromatic amines is 1. The largest absolute Gasteiger partial charge is 0.481 e. The number of carbonyl (C=O) groups is 2. The van der Waals surface area contributed by atoms with Gasteiger partial charge in [-0.2, -0.15) is 0 Å². The van der Waals surface area contributed by atoms with Crippen LogP contribution in [-0.2, 0) is 15.3 Å². The first-order chi connectivity index (χ1) is 12.2. The van der Waals surface area contributed by atoms with Crippen LogP contribution >= 0.6 is 23.1 Å². The first-order valence-electron chi connectivity index (χ1n) is 8.31. The Bertz CT molecular complexity index is 875. The highest BCUT2D eigenvalue weighted by molar-refractivity contribution is 7.99. The number of H-pyrrole nitrogens is 1. The van der Waals surface area contributed by atoms with E-state index in [-0.39, 0.29) is 29.2 Å². The normalized spacial score (nSPS) is 13.5. The molecule has 2 aromatic heterocycles. The minimum atomic E-state index is -0.877. The monoisotopic (exact) mass is 397 g/mol. The molecule has 2 rings (SSSR count). The smallest absolute Gasteiger partial charge is 0.303 e. The number of carboxylic acid groups (broad SMARTS) is 1. The molecule has 0 radical (unpaired) electrons. The molecule has 1 amide bonds. The molecule has 9 heteroatoms. The minimum absolute atomic E-state index is 0.0216. The van der Waals surface area contributed by atoms with Crippen molar-refractivity contribution in [1.82, 2.24) is 15.3 Å². The molecule has 0 aliphatic carbocycles. The Labute approximate surface area is 159 Å². The number of hydrogen-bond donors (Lipinski definition) is 3. The molecule has 0 aromatic carbocycles. The van der Waals surface area contributed by atoms with Crippen molar-refractivity contribution in [2.45, 2.75) is 57.6 Å². The summed E-state index contributed by atoms with van der Waals surface area (Å²) in [6, 6.07) is -0.201. The Balaban J connectivity index is 1.95. The van der Waals surface area contributed by atoms with Crippen molar-refractivity contribution >= 4 is 45.2 Å². The summed E-state index contributed by atoms with van der Waals surface area (Å²) in [5, 5.41) is 11.8. The van der Waals surface area contributed by atoms with Gasteiger partial charge in [-0.3, -0.25) is 14.4 Å². The maximum absolute atomic E-state index is 12.3. The molecule has 0 aliphatic rings. The molecule has 2 unspecified atom stereocenters. The van der Waals surface area contributed by atoms with Crippen molar-refractivity contribution in [1.29, 1.82) is 0 Å². The van der Waals surface area contributed by atoms with Crippen molar-refractivity contribution in [3.8, 4) is 0 Å². The van der Waals surface area contributed by atoms with Crippen LogP contribution in [0.2, 0.25) is 0 Å². The first kappa shape index (κ1) is 20.4. The number of thiophene rings is 1. The second-order valence-corrected chi connectivity index (χ2v) is 8.80. The Morgan fingerprint density at radius 2 is 2.04 bits per heavy atom. The summed E-state index contributed by atoms with van der Waals surface area (Å²) < 4.78 is 0. The third kappa shape index (κ3) is 5.07. The van der Waals surface area contributed by atoms with Crippen molar-refractivity contribution in [2.24, 2.45) is 0 Å². The minimum Gasteiger partial charge on any atom is -0.481 e. The Hall–Kier alpha value is -1.87. The maximum atomic E-state index is 12.3. The van der Waals surface area contributed by atoms with Crippen LogP contribution < -0.4 is 10.9 Å². The number of nitrogens with zero attached hydrogens (tertiary/aromatic N) is 1. The summed E-state index contributed by atoms with van der Waals surface area (Å²) in [7, 11) is 0. The lowest BCUT2D eigenvalue weighted by Gasteiger charge is -2.16. The quantitative estimate of drug-likeness (QED) is 0.631.